The topological polar surface area (TPSA) is 61.5 Å². The van der Waals surface area contributed by atoms with Gasteiger partial charge in [0.25, 0.3) is 0 Å². The molecule has 0 aliphatic rings. The third-order valence-electron chi connectivity index (χ3n) is 1.69. The first-order chi connectivity index (χ1) is 6.69. The van der Waals surface area contributed by atoms with E-state index in [1.807, 2.05) is 12.3 Å². The van der Waals surface area contributed by atoms with E-state index in [1.165, 1.54) is 11.3 Å². The normalized spacial score (nSPS) is 9.20. The third-order valence-corrected chi connectivity index (χ3v) is 2.61. The fourth-order valence-electron chi connectivity index (χ4n) is 0.959. The van der Waals surface area contributed by atoms with E-state index in [-0.39, 0.29) is 12.4 Å². The van der Waals surface area contributed by atoms with Crippen molar-refractivity contribution in [2.24, 2.45) is 0 Å². The van der Waals surface area contributed by atoms with E-state index in [1.54, 1.807) is 6.92 Å². The third kappa shape index (κ3) is 3.60. The smallest absolute Gasteiger partial charge is 0.434 e. The quantitative estimate of drug-likeness (QED) is 0.839. The van der Waals surface area contributed by atoms with Crippen LogP contribution in [-0.2, 0) is 11.2 Å². The average molecular weight is 252 g/mol. The molecule has 15 heavy (non-hydrogen) atoms. The zero-order chi connectivity index (χ0) is 10.6. The van der Waals surface area contributed by atoms with E-state index in [9.17, 15) is 4.79 Å². The van der Waals surface area contributed by atoms with Gasteiger partial charge in [0.1, 0.15) is 0 Å². The number of nitrogen functional groups attached to an aromatic ring is 1. The zero-order valence-corrected chi connectivity index (χ0v) is 10.2. The van der Waals surface area contributed by atoms with Crippen LogP contribution in [0, 0.1) is 0 Å². The molecule has 0 saturated carbocycles. The molecule has 1 rings (SSSR count). The molecule has 0 unspecified atom stereocenters. The summed E-state index contributed by atoms with van der Waals surface area (Å²) in [5.41, 5.74) is 7.26. The van der Waals surface area contributed by atoms with Gasteiger partial charge in [-0.15, -0.1) is 23.7 Å². The second-order valence-electron chi connectivity index (χ2n) is 2.60. The lowest BCUT2D eigenvalue weighted by Gasteiger charge is -2.02. The zero-order valence-electron chi connectivity index (χ0n) is 8.61. The maximum Gasteiger partial charge on any atom is 0.514 e. The summed E-state index contributed by atoms with van der Waals surface area (Å²) in [5.74, 6) is 0. The van der Waals surface area contributed by atoms with E-state index >= 15 is 0 Å². The molecule has 0 saturated heterocycles. The molecule has 86 valence electrons. The molecule has 1 aromatic heterocycles. The minimum atomic E-state index is -0.705. The molecule has 4 nitrogen and oxygen atoms in total. The Hall–Kier alpha value is -0.940. The van der Waals surface area contributed by atoms with Crippen LogP contribution in [-0.4, -0.2) is 12.8 Å². The van der Waals surface area contributed by atoms with Gasteiger partial charge in [-0.05, 0) is 24.3 Å². The summed E-state index contributed by atoms with van der Waals surface area (Å²) >= 11 is 1.31. The van der Waals surface area contributed by atoms with Crippen LogP contribution in [0.5, 0.6) is 5.06 Å². The number of hydrogen-bond donors (Lipinski definition) is 1. The number of rotatable bonds is 3. The SMILES string of the molecule is CCOC(=O)Oc1scc(CC)c1N.Cl. The van der Waals surface area contributed by atoms with E-state index in [0.717, 1.165) is 12.0 Å². The number of thiophene rings is 1. The van der Waals surface area contributed by atoms with Crippen molar-refractivity contribution in [1.82, 2.24) is 0 Å². The number of aryl methyl sites for hydroxylation is 1. The Morgan fingerprint density at radius 2 is 2.20 bits per heavy atom. The molecule has 1 heterocycles. The van der Waals surface area contributed by atoms with Crippen molar-refractivity contribution >= 4 is 35.6 Å². The lowest BCUT2D eigenvalue weighted by molar-refractivity contribution is 0.106. The Kier molecular flexibility index (Phi) is 6.12. The Morgan fingerprint density at radius 3 is 2.67 bits per heavy atom. The number of carbonyl (C=O) groups is 1. The molecule has 0 aliphatic heterocycles. The van der Waals surface area contributed by atoms with E-state index < -0.39 is 6.16 Å². The van der Waals surface area contributed by atoms with Crippen LogP contribution in [0.25, 0.3) is 0 Å². The molecule has 2 N–H and O–H groups in total. The van der Waals surface area contributed by atoms with Gasteiger partial charge in [-0.3, -0.25) is 0 Å². The van der Waals surface area contributed by atoms with Crippen LogP contribution in [0.4, 0.5) is 10.5 Å². The molecular formula is C9H14ClNO3S. The highest BCUT2D eigenvalue weighted by atomic mass is 35.5. The van der Waals surface area contributed by atoms with E-state index in [4.69, 9.17) is 10.5 Å². The van der Waals surface area contributed by atoms with Gasteiger partial charge in [0.05, 0.1) is 12.3 Å². The van der Waals surface area contributed by atoms with Gasteiger partial charge in [-0.25, -0.2) is 4.79 Å². The summed E-state index contributed by atoms with van der Waals surface area (Å²) in [6.07, 6.45) is 0.123. The highest BCUT2D eigenvalue weighted by Crippen LogP contribution is 2.33. The van der Waals surface area contributed by atoms with Crippen molar-refractivity contribution in [2.45, 2.75) is 20.3 Å². The van der Waals surface area contributed by atoms with Gasteiger partial charge < -0.3 is 15.2 Å². The van der Waals surface area contributed by atoms with Crippen LogP contribution >= 0.6 is 23.7 Å². The summed E-state index contributed by atoms with van der Waals surface area (Å²) in [7, 11) is 0. The van der Waals surface area contributed by atoms with Crippen LogP contribution in [0.3, 0.4) is 0 Å². The molecule has 0 spiro atoms. The highest BCUT2D eigenvalue weighted by Gasteiger charge is 2.12. The van der Waals surface area contributed by atoms with Crippen molar-refractivity contribution in [1.29, 1.82) is 0 Å². The first-order valence-corrected chi connectivity index (χ1v) is 5.27. The Labute approximate surface area is 98.8 Å². The van der Waals surface area contributed by atoms with E-state index in [2.05, 4.69) is 4.74 Å². The van der Waals surface area contributed by atoms with Gasteiger partial charge >= 0.3 is 6.16 Å². The Balaban J connectivity index is 0.00000196. The van der Waals surface area contributed by atoms with Crippen LogP contribution in [0.1, 0.15) is 19.4 Å². The van der Waals surface area contributed by atoms with Crippen molar-refractivity contribution in [2.75, 3.05) is 12.3 Å². The summed E-state index contributed by atoms with van der Waals surface area (Å²) in [4.78, 5) is 11.0. The molecule has 6 heteroatoms. The van der Waals surface area contributed by atoms with Crippen molar-refractivity contribution in [3.63, 3.8) is 0 Å². The molecule has 0 bridgehead atoms. The standard InChI is InChI=1S/C9H13NO3S.ClH/c1-3-6-5-14-8(7(6)10)13-9(11)12-4-2;/h5H,3-4,10H2,1-2H3;1H. The predicted octanol–water partition coefficient (Wildman–Crippen LogP) is 2.85. The monoisotopic (exact) mass is 251 g/mol. The number of ether oxygens (including phenoxy) is 2. The van der Waals surface area contributed by atoms with Crippen molar-refractivity contribution in [3.8, 4) is 5.06 Å². The van der Waals surface area contributed by atoms with Gasteiger partial charge in [0.15, 0.2) is 0 Å². The highest BCUT2D eigenvalue weighted by molar-refractivity contribution is 7.12. The second-order valence-corrected chi connectivity index (χ2v) is 3.44. The van der Waals surface area contributed by atoms with Crippen molar-refractivity contribution in [3.05, 3.63) is 10.9 Å². The first-order valence-electron chi connectivity index (χ1n) is 4.39. The van der Waals surface area contributed by atoms with Gasteiger partial charge in [0, 0.05) is 0 Å². The lowest BCUT2D eigenvalue weighted by atomic mass is 10.2. The van der Waals surface area contributed by atoms with Crippen molar-refractivity contribution < 1.29 is 14.3 Å². The fourth-order valence-corrected chi connectivity index (χ4v) is 1.88. The molecule has 0 aromatic carbocycles. The first kappa shape index (κ1) is 14.1. The number of halogens is 1. The Bertz CT molecular complexity index is 327. The minimum Gasteiger partial charge on any atom is -0.434 e. The number of nitrogens with two attached hydrogens (primary N) is 1. The maximum atomic E-state index is 11.0. The molecular weight excluding hydrogens is 238 g/mol. The number of carbonyl (C=O) groups excluding carboxylic acids is 1. The predicted molar refractivity (Wildman–Crippen MR) is 63.0 cm³/mol. The van der Waals surface area contributed by atoms with Gasteiger partial charge in [-0.1, -0.05) is 6.92 Å². The van der Waals surface area contributed by atoms with Crippen LogP contribution < -0.4 is 10.5 Å². The second kappa shape index (κ2) is 6.53. The molecule has 0 fully saturated rings. The molecule has 0 amide bonds. The van der Waals surface area contributed by atoms with Gasteiger partial charge in [-0.2, -0.15) is 0 Å². The summed E-state index contributed by atoms with van der Waals surface area (Å²) in [5, 5.41) is 2.30. The number of hydrogen-bond acceptors (Lipinski definition) is 5. The minimum absolute atomic E-state index is 0. The maximum absolute atomic E-state index is 11.0. The largest absolute Gasteiger partial charge is 0.514 e. The van der Waals surface area contributed by atoms with Crippen LogP contribution in [0.2, 0.25) is 0 Å². The average Bonchev–Trinajstić information content (AvgIpc) is 2.48. The molecule has 1 aromatic rings. The molecule has 0 radical (unpaired) electrons. The molecule has 0 aliphatic carbocycles. The Morgan fingerprint density at radius 1 is 1.53 bits per heavy atom. The fraction of sp³-hybridized carbons (Fsp3) is 0.444. The summed E-state index contributed by atoms with van der Waals surface area (Å²) in [6.45, 7) is 4.01. The van der Waals surface area contributed by atoms with Gasteiger partial charge in [0.2, 0.25) is 5.06 Å². The summed E-state index contributed by atoms with van der Waals surface area (Å²) in [6, 6.07) is 0. The number of anilines is 1. The van der Waals surface area contributed by atoms with E-state index in [0.29, 0.717) is 17.4 Å². The van der Waals surface area contributed by atoms with Crippen LogP contribution in [0.15, 0.2) is 5.38 Å². The lowest BCUT2D eigenvalue weighted by Crippen LogP contribution is -2.10. The summed E-state index contributed by atoms with van der Waals surface area (Å²) < 4.78 is 9.53. The molecule has 0 atom stereocenters.